The third-order valence-electron chi connectivity index (χ3n) is 0.556. The molecule has 1 aromatic rings. The zero-order valence-corrected chi connectivity index (χ0v) is 6.97. The molecule has 0 aliphatic heterocycles. The topological polar surface area (TPSA) is 0 Å². The number of hydrogen-bond acceptors (Lipinski definition) is 0. The van der Waals surface area contributed by atoms with Crippen LogP contribution in [0.1, 0.15) is 0 Å². The zero-order chi connectivity index (χ0) is 3.54. The fourth-order valence-electron chi connectivity index (χ4n) is 0.321. The fraction of sp³-hybridized carbons (Fsp3) is 0. The predicted octanol–water partition coefficient (Wildman–Crippen LogP) is -1.97. The molecule has 0 bridgehead atoms. The quantitative estimate of drug-likeness (QED) is 0.312. The van der Waals surface area contributed by atoms with Crippen molar-refractivity contribution in [1.82, 2.24) is 0 Å². The molecule has 7 heavy (non-hydrogen) atoms. The van der Waals surface area contributed by atoms with E-state index in [0.29, 0.717) is 0 Å². The van der Waals surface area contributed by atoms with Crippen molar-refractivity contribution in [3.05, 3.63) is 30.3 Å². The van der Waals surface area contributed by atoms with Crippen LogP contribution in [0, 0.1) is 0 Å². The largest absolute Gasteiger partial charge is 2.00 e. The smallest absolute Gasteiger partial charge is 1.00 e. The predicted molar refractivity (Wildman–Crippen MR) is 27.8 cm³/mol. The van der Waals surface area contributed by atoms with Gasteiger partial charge in [0.25, 0.3) is 0 Å². The van der Waals surface area contributed by atoms with Crippen molar-refractivity contribution >= 4 is 23.1 Å². The van der Waals surface area contributed by atoms with Crippen molar-refractivity contribution in [2.45, 2.75) is 0 Å². The first-order valence-corrected chi connectivity index (χ1v) is 1.67. The van der Waals surface area contributed by atoms with Gasteiger partial charge in [-0.15, -0.1) is 0 Å². The van der Waals surface area contributed by atoms with Gasteiger partial charge in [-0.2, -0.15) is 18.2 Å². The molecule has 0 heterocycles. The van der Waals surface area contributed by atoms with Crippen molar-refractivity contribution in [2.75, 3.05) is 0 Å². The average molecular weight is 169 g/mol. The second-order valence-corrected chi connectivity index (χ2v) is 0.962. The van der Waals surface area contributed by atoms with Crippen LogP contribution in [0.3, 0.4) is 0 Å². The first kappa shape index (κ1) is 10.6. The minimum absolute atomic E-state index is 0. The van der Waals surface area contributed by atoms with Gasteiger partial charge in [-0.3, -0.25) is 0 Å². The Hall–Kier alpha value is 0.596. The van der Waals surface area contributed by atoms with Crippen LogP contribution < -0.4 is 17.0 Å². The number of halogens is 1. The molecule has 0 atom stereocenters. The van der Waals surface area contributed by atoms with Gasteiger partial charge in [0.2, 0.25) is 0 Å². The SMILES string of the molecule is [Br-].[Mg+2].c1cc[cH-]c1. The molecule has 0 spiro atoms. The fourth-order valence-corrected chi connectivity index (χ4v) is 0.321. The minimum atomic E-state index is 0. The maximum atomic E-state index is 2.00. The Morgan fingerprint density at radius 1 is 1.00 bits per heavy atom. The van der Waals surface area contributed by atoms with Gasteiger partial charge in [-0.1, -0.05) is 0 Å². The van der Waals surface area contributed by atoms with Crippen LogP contribution in [-0.2, 0) is 0 Å². The van der Waals surface area contributed by atoms with E-state index in [1.807, 2.05) is 30.3 Å². The second-order valence-electron chi connectivity index (χ2n) is 0.962. The molecule has 1 aromatic carbocycles. The maximum absolute atomic E-state index is 2.00. The number of rotatable bonds is 0. The summed E-state index contributed by atoms with van der Waals surface area (Å²) in [7, 11) is 0. The van der Waals surface area contributed by atoms with Crippen molar-refractivity contribution in [1.29, 1.82) is 0 Å². The van der Waals surface area contributed by atoms with E-state index in [1.165, 1.54) is 0 Å². The standard InChI is InChI=1S/C5H5.BrH.Mg/c1-2-4-5-3-1;;/h1-5H;1H;/q-1;;+2/p-1. The molecule has 0 saturated carbocycles. The molecular formula is C5H5BrMg. The molecule has 0 N–H and O–H groups in total. The van der Waals surface area contributed by atoms with Crippen LogP contribution in [0.5, 0.6) is 0 Å². The maximum Gasteiger partial charge on any atom is 2.00 e. The Labute approximate surface area is 70.2 Å². The van der Waals surface area contributed by atoms with Gasteiger partial charge < -0.3 is 17.0 Å². The number of hydrogen-bond donors (Lipinski definition) is 0. The normalized spacial score (nSPS) is 5.71. The van der Waals surface area contributed by atoms with Crippen molar-refractivity contribution in [3.63, 3.8) is 0 Å². The van der Waals surface area contributed by atoms with Gasteiger partial charge in [0.05, 0.1) is 0 Å². The molecule has 2 heteroatoms. The third-order valence-corrected chi connectivity index (χ3v) is 0.556. The summed E-state index contributed by atoms with van der Waals surface area (Å²) in [5.41, 5.74) is 0. The average Bonchev–Trinajstić information content (AvgIpc) is 1.76. The summed E-state index contributed by atoms with van der Waals surface area (Å²) in [4.78, 5) is 0. The molecule has 0 saturated heterocycles. The van der Waals surface area contributed by atoms with Gasteiger partial charge in [0, 0.05) is 0 Å². The molecule has 34 valence electrons. The van der Waals surface area contributed by atoms with Crippen molar-refractivity contribution in [2.24, 2.45) is 0 Å². The van der Waals surface area contributed by atoms with Crippen LogP contribution in [-0.4, -0.2) is 23.1 Å². The van der Waals surface area contributed by atoms with Gasteiger partial charge in [0.1, 0.15) is 0 Å². The molecule has 0 amide bonds. The van der Waals surface area contributed by atoms with Crippen molar-refractivity contribution < 1.29 is 17.0 Å². The van der Waals surface area contributed by atoms with E-state index < -0.39 is 0 Å². The Kier molecular flexibility index (Phi) is 9.94. The molecule has 0 aliphatic rings. The molecule has 0 unspecified atom stereocenters. The van der Waals surface area contributed by atoms with Crippen LogP contribution in [0.2, 0.25) is 0 Å². The Morgan fingerprint density at radius 2 is 1.43 bits per heavy atom. The molecular weight excluding hydrogens is 164 g/mol. The molecule has 1 rings (SSSR count). The van der Waals surface area contributed by atoms with E-state index >= 15 is 0 Å². The van der Waals surface area contributed by atoms with E-state index in [9.17, 15) is 0 Å². The van der Waals surface area contributed by atoms with E-state index in [0.717, 1.165) is 0 Å². The third kappa shape index (κ3) is 4.45. The van der Waals surface area contributed by atoms with Crippen LogP contribution in [0.25, 0.3) is 0 Å². The van der Waals surface area contributed by atoms with E-state index in [-0.39, 0.29) is 40.0 Å². The molecule has 0 fully saturated rings. The second kappa shape index (κ2) is 6.60. The summed E-state index contributed by atoms with van der Waals surface area (Å²) in [6.45, 7) is 0. The molecule has 0 nitrogen and oxygen atoms in total. The minimum Gasteiger partial charge on any atom is -1.00 e. The van der Waals surface area contributed by atoms with Crippen LogP contribution in [0.4, 0.5) is 0 Å². The Morgan fingerprint density at radius 3 is 1.57 bits per heavy atom. The summed E-state index contributed by atoms with van der Waals surface area (Å²) in [6.07, 6.45) is 0. The summed E-state index contributed by atoms with van der Waals surface area (Å²) in [6, 6.07) is 10.0. The summed E-state index contributed by atoms with van der Waals surface area (Å²) < 4.78 is 0. The summed E-state index contributed by atoms with van der Waals surface area (Å²) >= 11 is 0. The van der Waals surface area contributed by atoms with Gasteiger partial charge in [0.15, 0.2) is 0 Å². The molecule has 0 aliphatic carbocycles. The van der Waals surface area contributed by atoms with Gasteiger partial charge in [-0.25, -0.2) is 12.1 Å². The van der Waals surface area contributed by atoms with Crippen LogP contribution >= 0.6 is 0 Å². The van der Waals surface area contributed by atoms with E-state index in [1.54, 1.807) is 0 Å². The Balaban J connectivity index is 0. The van der Waals surface area contributed by atoms with Gasteiger partial charge >= 0.3 is 23.1 Å². The molecule has 0 aromatic heterocycles. The van der Waals surface area contributed by atoms with E-state index in [4.69, 9.17) is 0 Å². The van der Waals surface area contributed by atoms with Gasteiger partial charge in [-0.05, 0) is 0 Å². The van der Waals surface area contributed by atoms with Crippen LogP contribution in [0.15, 0.2) is 30.3 Å². The Bertz CT molecular complexity index is 64.6. The first-order valence-electron chi connectivity index (χ1n) is 1.67. The van der Waals surface area contributed by atoms with E-state index in [2.05, 4.69) is 0 Å². The molecule has 0 radical (unpaired) electrons. The monoisotopic (exact) mass is 168 g/mol. The van der Waals surface area contributed by atoms with Crippen molar-refractivity contribution in [3.8, 4) is 0 Å². The first-order chi connectivity index (χ1) is 2.50. The summed E-state index contributed by atoms with van der Waals surface area (Å²) in [5.74, 6) is 0. The zero-order valence-electron chi connectivity index (χ0n) is 3.97. The summed E-state index contributed by atoms with van der Waals surface area (Å²) in [5, 5.41) is 0.